The smallest absolute Gasteiger partial charge is 0.121 e. The number of nitrogens with zero attached hydrogens (tertiary/aromatic N) is 2. The first kappa shape index (κ1) is 17.3. The van der Waals surface area contributed by atoms with Crippen molar-refractivity contribution in [1.82, 2.24) is 9.97 Å². The average Bonchev–Trinajstić information content (AvgIpc) is 2.67. The van der Waals surface area contributed by atoms with Gasteiger partial charge in [-0.2, -0.15) is 0 Å². The normalized spacial score (nSPS) is 10.2. The van der Waals surface area contributed by atoms with Crippen molar-refractivity contribution in [2.24, 2.45) is 0 Å². The molecular formula is C20H20N4O2. The Morgan fingerprint density at radius 2 is 1.23 bits per heavy atom. The van der Waals surface area contributed by atoms with Gasteiger partial charge >= 0.3 is 0 Å². The summed E-state index contributed by atoms with van der Waals surface area (Å²) in [6.45, 7) is 0. The standard InChI is InChI=1S/2C10H10N2O/c1-13-9-2-3-10-7(5-9)4-8(11)6-12-10;1-13-9-3-2-7-4-8(11)6-12-10(7)5-9/h2*2-6H,11H2,1H3. The number of methoxy groups -OCH3 is 2. The molecule has 0 radical (unpaired) electrons. The minimum absolute atomic E-state index is 0.667. The maximum Gasteiger partial charge on any atom is 0.121 e. The van der Waals surface area contributed by atoms with Gasteiger partial charge in [-0.25, -0.2) is 0 Å². The first-order chi connectivity index (χ1) is 12.6. The lowest BCUT2D eigenvalue weighted by molar-refractivity contribution is 0.415. The van der Waals surface area contributed by atoms with Gasteiger partial charge in [0.05, 0.1) is 49.0 Å². The van der Waals surface area contributed by atoms with Crippen molar-refractivity contribution in [2.75, 3.05) is 25.7 Å². The van der Waals surface area contributed by atoms with Gasteiger partial charge in [0.25, 0.3) is 0 Å². The van der Waals surface area contributed by atoms with Gasteiger partial charge in [-0.05, 0) is 42.5 Å². The molecule has 0 aliphatic heterocycles. The van der Waals surface area contributed by atoms with Crippen molar-refractivity contribution >= 4 is 33.2 Å². The molecule has 2 aromatic heterocycles. The van der Waals surface area contributed by atoms with Gasteiger partial charge in [-0.1, -0.05) is 0 Å². The Morgan fingerprint density at radius 1 is 0.654 bits per heavy atom. The maximum atomic E-state index is 5.61. The molecule has 0 bridgehead atoms. The van der Waals surface area contributed by atoms with Crippen LogP contribution in [0, 0.1) is 0 Å². The maximum absolute atomic E-state index is 5.61. The minimum Gasteiger partial charge on any atom is -0.497 e. The SMILES string of the molecule is COc1ccc2cc(N)cnc2c1.COc1ccc2ncc(N)cc2c1. The van der Waals surface area contributed by atoms with Crippen LogP contribution < -0.4 is 20.9 Å². The van der Waals surface area contributed by atoms with E-state index in [0.717, 1.165) is 33.3 Å². The Balaban J connectivity index is 0.000000151. The van der Waals surface area contributed by atoms with Crippen molar-refractivity contribution in [3.8, 4) is 11.5 Å². The van der Waals surface area contributed by atoms with E-state index in [1.807, 2.05) is 48.5 Å². The summed E-state index contributed by atoms with van der Waals surface area (Å²) < 4.78 is 10.2. The zero-order valence-corrected chi connectivity index (χ0v) is 14.6. The highest BCUT2D eigenvalue weighted by atomic mass is 16.5. The lowest BCUT2D eigenvalue weighted by Gasteiger charge is -2.01. The zero-order valence-electron chi connectivity index (χ0n) is 14.6. The van der Waals surface area contributed by atoms with Crippen LogP contribution in [0.1, 0.15) is 0 Å². The van der Waals surface area contributed by atoms with E-state index in [1.165, 1.54) is 0 Å². The fourth-order valence-corrected chi connectivity index (χ4v) is 2.50. The average molecular weight is 348 g/mol. The molecule has 0 saturated heterocycles. The lowest BCUT2D eigenvalue weighted by Crippen LogP contribution is -1.88. The summed E-state index contributed by atoms with van der Waals surface area (Å²) in [6.07, 6.45) is 3.29. The summed E-state index contributed by atoms with van der Waals surface area (Å²) in [7, 11) is 3.28. The van der Waals surface area contributed by atoms with Gasteiger partial charge in [-0.15, -0.1) is 0 Å². The van der Waals surface area contributed by atoms with Gasteiger partial charge in [-0.3, -0.25) is 9.97 Å². The molecule has 132 valence electrons. The fourth-order valence-electron chi connectivity index (χ4n) is 2.50. The molecule has 0 atom stereocenters. The highest BCUT2D eigenvalue weighted by Gasteiger charge is 1.98. The third-order valence-electron chi connectivity index (χ3n) is 3.82. The number of benzene rings is 2. The van der Waals surface area contributed by atoms with Crippen LogP contribution in [0.25, 0.3) is 21.8 Å². The van der Waals surface area contributed by atoms with Crippen LogP contribution in [-0.4, -0.2) is 24.2 Å². The van der Waals surface area contributed by atoms with Crippen molar-refractivity contribution < 1.29 is 9.47 Å². The van der Waals surface area contributed by atoms with Crippen LogP contribution in [0.4, 0.5) is 11.4 Å². The van der Waals surface area contributed by atoms with E-state index < -0.39 is 0 Å². The lowest BCUT2D eigenvalue weighted by atomic mass is 10.2. The Morgan fingerprint density at radius 3 is 1.92 bits per heavy atom. The number of fused-ring (bicyclic) bond motifs is 2. The number of aromatic nitrogens is 2. The molecule has 26 heavy (non-hydrogen) atoms. The van der Waals surface area contributed by atoms with Gasteiger partial charge in [0, 0.05) is 16.8 Å². The van der Waals surface area contributed by atoms with Crippen LogP contribution in [0.5, 0.6) is 11.5 Å². The van der Waals surface area contributed by atoms with E-state index in [9.17, 15) is 0 Å². The van der Waals surface area contributed by atoms with Crippen molar-refractivity contribution in [3.05, 3.63) is 60.9 Å². The monoisotopic (exact) mass is 348 g/mol. The van der Waals surface area contributed by atoms with Crippen LogP contribution >= 0.6 is 0 Å². The predicted molar refractivity (Wildman–Crippen MR) is 105 cm³/mol. The van der Waals surface area contributed by atoms with E-state index in [4.69, 9.17) is 20.9 Å². The molecule has 0 spiro atoms. The van der Waals surface area contributed by atoms with Crippen molar-refractivity contribution in [2.45, 2.75) is 0 Å². The number of hydrogen-bond acceptors (Lipinski definition) is 6. The molecule has 4 rings (SSSR count). The molecule has 0 fully saturated rings. The summed E-state index contributed by atoms with van der Waals surface area (Å²) in [5, 5.41) is 2.03. The van der Waals surface area contributed by atoms with E-state index in [-0.39, 0.29) is 0 Å². The quantitative estimate of drug-likeness (QED) is 0.574. The molecule has 0 amide bonds. The number of pyridine rings is 2. The van der Waals surface area contributed by atoms with Crippen LogP contribution in [0.2, 0.25) is 0 Å². The van der Waals surface area contributed by atoms with Gasteiger partial charge < -0.3 is 20.9 Å². The highest BCUT2D eigenvalue weighted by molar-refractivity contribution is 5.83. The Bertz CT molecular complexity index is 1050. The van der Waals surface area contributed by atoms with E-state index in [1.54, 1.807) is 26.6 Å². The summed E-state index contributed by atoms with van der Waals surface area (Å²) in [4.78, 5) is 8.36. The summed E-state index contributed by atoms with van der Waals surface area (Å²) in [5.74, 6) is 1.63. The molecule has 0 saturated carbocycles. The van der Waals surface area contributed by atoms with Crippen LogP contribution in [0.3, 0.4) is 0 Å². The van der Waals surface area contributed by atoms with Crippen molar-refractivity contribution in [3.63, 3.8) is 0 Å². The predicted octanol–water partition coefficient (Wildman–Crippen LogP) is 3.65. The molecule has 0 unspecified atom stereocenters. The Kier molecular flexibility index (Phi) is 5.03. The first-order valence-electron chi connectivity index (χ1n) is 7.97. The van der Waals surface area contributed by atoms with Gasteiger partial charge in [0.15, 0.2) is 0 Å². The number of ether oxygens (including phenoxy) is 2. The summed E-state index contributed by atoms with van der Waals surface area (Å²) in [5.41, 5.74) is 14.4. The number of nitrogen functional groups attached to an aromatic ring is 2. The van der Waals surface area contributed by atoms with Crippen molar-refractivity contribution in [1.29, 1.82) is 0 Å². The Labute approximate surface area is 151 Å². The molecule has 2 heterocycles. The molecule has 2 aromatic carbocycles. The van der Waals surface area contributed by atoms with Crippen LogP contribution in [0.15, 0.2) is 60.9 Å². The second-order valence-corrected chi connectivity index (χ2v) is 5.65. The first-order valence-corrected chi connectivity index (χ1v) is 7.97. The number of rotatable bonds is 2. The summed E-state index contributed by atoms with van der Waals surface area (Å²) in [6, 6.07) is 15.2. The largest absolute Gasteiger partial charge is 0.497 e. The molecule has 6 nitrogen and oxygen atoms in total. The fraction of sp³-hybridized carbons (Fsp3) is 0.100. The third kappa shape index (κ3) is 3.92. The zero-order chi connectivity index (χ0) is 18.5. The third-order valence-corrected chi connectivity index (χ3v) is 3.82. The molecule has 0 aliphatic carbocycles. The van der Waals surface area contributed by atoms with E-state index in [0.29, 0.717) is 11.4 Å². The Hall–Kier alpha value is -3.54. The number of anilines is 2. The second kappa shape index (κ2) is 7.57. The number of hydrogen-bond donors (Lipinski definition) is 2. The molecule has 6 heteroatoms. The van der Waals surface area contributed by atoms with E-state index >= 15 is 0 Å². The minimum atomic E-state index is 0.667. The topological polar surface area (TPSA) is 96.3 Å². The molecule has 4 aromatic rings. The van der Waals surface area contributed by atoms with E-state index in [2.05, 4.69) is 9.97 Å². The van der Waals surface area contributed by atoms with Gasteiger partial charge in [0.1, 0.15) is 11.5 Å². The molecular weight excluding hydrogens is 328 g/mol. The van der Waals surface area contributed by atoms with Crippen LogP contribution in [-0.2, 0) is 0 Å². The van der Waals surface area contributed by atoms with Gasteiger partial charge in [0.2, 0.25) is 0 Å². The molecule has 4 N–H and O–H groups in total. The second-order valence-electron chi connectivity index (χ2n) is 5.65. The summed E-state index contributed by atoms with van der Waals surface area (Å²) >= 11 is 0. The number of nitrogens with two attached hydrogens (primary N) is 2. The molecule has 0 aliphatic rings. The highest BCUT2D eigenvalue weighted by Crippen LogP contribution is 2.21.